The van der Waals surface area contributed by atoms with E-state index in [0.29, 0.717) is 17.6 Å². The van der Waals surface area contributed by atoms with Crippen LogP contribution in [0.1, 0.15) is 58.9 Å². The molecule has 1 aliphatic rings. The SMILES string of the molecule is CCC1CC(C)c2ccc(NC(=O)COc3cc(C(=O)O)cc(C(=O)O)c3)cc2N1C. The van der Waals surface area contributed by atoms with E-state index in [0.717, 1.165) is 24.6 Å². The number of carboxylic acid groups (broad SMARTS) is 2. The van der Waals surface area contributed by atoms with E-state index in [1.165, 1.54) is 17.7 Å². The summed E-state index contributed by atoms with van der Waals surface area (Å²) in [6.45, 7) is 3.98. The van der Waals surface area contributed by atoms with Crippen molar-refractivity contribution in [3.63, 3.8) is 0 Å². The maximum Gasteiger partial charge on any atom is 0.335 e. The molecular formula is C23H26N2O6. The number of nitrogens with zero attached hydrogens (tertiary/aromatic N) is 1. The summed E-state index contributed by atoms with van der Waals surface area (Å²) < 4.78 is 5.36. The first-order valence-corrected chi connectivity index (χ1v) is 10.1. The van der Waals surface area contributed by atoms with Gasteiger partial charge in [0.15, 0.2) is 6.61 Å². The molecule has 0 fully saturated rings. The van der Waals surface area contributed by atoms with Crippen LogP contribution in [0.4, 0.5) is 11.4 Å². The van der Waals surface area contributed by atoms with Crippen LogP contribution < -0.4 is 15.0 Å². The van der Waals surface area contributed by atoms with E-state index >= 15 is 0 Å². The molecule has 0 bridgehead atoms. The fraction of sp³-hybridized carbons (Fsp3) is 0.348. The molecule has 0 saturated carbocycles. The second kappa shape index (κ2) is 9.07. The summed E-state index contributed by atoms with van der Waals surface area (Å²) in [5, 5.41) is 21.0. The van der Waals surface area contributed by atoms with Gasteiger partial charge in [-0.25, -0.2) is 9.59 Å². The largest absolute Gasteiger partial charge is 0.484 e. The lowest BCUT2D eigenvalue weighted by atomic mass is 9.86. The number of hydrogen-bond acceptors (Lipinski definition) is 5. The summed E-state index contributed by atoms with van der Waals surface area (Å²) in [5.74, 6) is -2.56. The monoisotopic (exact) mass is 426 g/mol. The Morgan fingerprint density at radius 2 is 1.74 bits per heavy atom. The summed E-state index contributed by atoms with van der Waals surface area (Å²) in [5.41, 5.74) is 2.51. The van der Waals surface area contributed by atoms with E-state index in [4.69, 9.17) is 14.9 Å². The lowest BCUT2D eigenvalue weighted by Gasteiger charge is -2.39. The molecule has 0 spiro atoms. The van der Waals surface area contributed by atoms with Crippen LogP contribution >= 0.6 is 0 Å². The quantitative estimate of drug-likeness (QED) is 0.616. The first kappa shape index (κ1) is 22.1. The molecule has 164 valence electrons. The van der Waals surface area contributed by atoms with Gasteiger partial charge in [0.1, 0.15) is 5.75 Å². The van der Waals surface area contributed by atoms with Crippen molar-refractivity contribution in [1.82, 2.24) is 0 Å². The number of fused-ring (bicyclic) bond motifs is 1. The van der Waals surface area contributed by atoms with Gasteiger partial charge in [-0.2, -0.15) is 0 Å². The normalized spacial score (nSPS) is 17.6. The van der Waals surface area contributed by atoms with E-state index in [9.17, 15) is 14.4 Å². The van der Waals surface area contributed by atoms with Crippen LogP contribution in [0.25, 0.3) is 0 Å². The maximum atomic E-state index is 12.4. The molecule has 2 aromatic rings. The third-order valence-electron chi connectivity index (χ3n) is 5.64. The van der Waals surface area contributed by atoms with E-state index < -0.39 is 17.8 Å². The van der Waals surface area contributed by atoms with Crippen molar-refractivity contribution in [2.75, 3.05) is 23.9 Å². The standard InChI is InChI=1S/C23H26N2O6/c1-4-17-7-13(2)19-6-5-16(11-20(19)25(17)3)24-21(26)12-31-18-9-14(22(27)28)8-15(10-18)23(29)30/h5-6,8-11,13,17H,4,7,12H2,1-3H3,(H,24,26)(H,27,28)(H,29,30). The first-order valence-electron chi connectivity index (χ1n) is 10.1. The minimum atomic E-state index is -1.28. The smallest absolute Gasteiger partial charge is 0.335 e. The molecule has 1 aliphatic heterocycles. The number of carbonyl (C=O) groups excluding carboxylic acids is 1. The van der Waals surface area contributed by atoms with Gasteiger partial charge in [-0.15, -0.1) is 0 Å². The van der Waals surface area contributed by atoms with Crippen LogP contribution in [-0.4, -0.2) is 47.8 Å². The fourth-order valence-electron chi connectivity index (χ4n) is 3.95. The highest BCUT2D eigenvalue weighted by Crippen LogP contribution is 2.39. The fourth-order valence-corrected chi connectivity index (χ4v) is 3.95. The number of ether oxygens (including phenoxy) is 1. The van der Waals surface area contributed by atoms with Crippen molar-refractivity contribution < 1.29 is 29.3 Å². The van der Waals surface area contributed by atoms with Crippen LogP contribution in [0, 0.1) is 0 Å². The number of benzene rings is 2. The summed E-state index contributed by atoms with van der Waals surface area (Å²) >= 11 is 0. The Labute approximate surface area is 180 Å². The molecule has 1 amide bonds. The third-order valence-corrected chi connectivity index (χ3v) is 5.64. The Hall–Kier alpha value is -3.55. The van der Waals surface area contributed by atoms with Crippen molar-refractivity contribution in [3.05, 3.63) is 53.1 Å². The number of aromatic carboxylic acids is 2. The highest BCUT2D eigenvalue weighted by atomic mass is 16.5. The van der Waals surface area contributed by atoms with Gasteiger partial charge in [0.05, 0.1) is 11.1 Å². The average molecular weight is 426 g/mol. The van der Waals surface area contributed by atoms with Crippen LogP contribution in [0.3, 0.4) is 0 Å². The number of carbonyl (C=O) groups is 3. The lowest BCUT2D eigenvalue weighted by Crippen LogP contribution is -2.36. The van der Waals surface area contributed by atoms with Crippen molar-refractivity contribution in [1.29, 1.82) is 0 Å². The Bertz CT molecular complexity index is 987. The van der Waals surface area contributed by atoms with Gasteiger partial charge in [0.2, 0.25) is 0 Å². The maximum absolute atomic E-state index is 12.4. The molecular weight excluding hydrogens is 400 g/mol. The molecule has 8 nitrogen and oxygen atoms in total. The summed E-state index contributed by atoms with van der Waals surface area (Å²) in [4.78, 5) is 37.0. The van der Waals surface area contributed by atoms with E-state index in [1.807, 2.05) is 18.2 Å². The van der Waals surface area contributed by atoms with Gasteiger partial charge >= 0.3 is 11.9 Å². The van der Waals surface area contributed by atoms with E-state index in [1.54, 1.807) is 0 Å². The summed E-state index contributed by atoms with van der Waals surface area (Å²) in [6, 6.07) is 9.66. The van der Waals surface area contributed by atoms with Crippen LogP contribution in [0.15, 0.2) is 36.4 Å². The van der Waals surface area contributed by atoms with Gasteiger partial charge < -0.3 is 25.2 Å². The highest BCUT2D eigenvalue weighted by molar-refractivity contribution is 5.95. The second-order valence-electron chi connectivity index (χ2n) is 7.78. The van der Waals surface area contributed by atoms with E-state index in [2.05, 4.69) is 31.1 Å². The highest BCUT2D eigenvalue weighted by Gasteiger charge is 2.27. The summed E-state index contributed by atoms with van der Waals surface area (Å²) in [6.07, 6.45) is 2.13. The predicted octanol–water partition coefficient (Wildman–Crippen LogP) is 3.82. The van der Waals surface area contributed by atoms with Crippen molar-refractivity contribution in [2.45, 2.75) is 38.6 Å². The molecule has 0 saturated heterocycles. The number of carboxylic acids is 2. The zero-order valence-electron chi connectivity index (χ0n) is 17.7. The van der Waals surface area contributed by atoms with Gasteiger partial charge in [0, 0.05) is 24.5 Å². The number of rotatable bonds is 7. The van der Waals surface area contributed by atoms with Crippen molar-refractivity contribution in [3.8, 4) is 5.75 Å². The second-order valence-corrected chi connectivity index (χ2v) is 7.78. The van der Waals surface area contributed by atoms with Crippen LogP contribution in [-0.2, 0) is 4.79 Å². The van der Waals surface area contributed by atoms with Gasteiger partial charge in [0.25, 0.3) is 5.91 Å². The van der Waals surface area contributed by atoms with Gasteiger partial charge in [-0.3, -0.25) is 4.79 Å². The number of nitrogens with one attached hydrogen (secondary N) is 1. The van der Waals surface area contributed by atoms with E-state index in [-0.39, 0.29) is 23.5 Å². The van der Waals surface area contributed by atoms with Crippen molar-refractivity contribution in [2.24, 2.45) is 0 Å². The molecule has 0 aromatic heterocycles. The molecule has 2 atom stereocenters. The minimum Gasteiger partial charge on any atom is -0.484 e. The molecule has 0 radical (unpaired) electrons. The Kier molecular flexibility index (Phi) is 6.48. The Balaban J connectivity index is 1.70. The Morgan fingerprint density at radius 1 is 1.10 bits per heavy atom. The molecule has 1 heterocycles. The van der Waals surface area contributed by atoms with Gasteiger partial charge in [-0.05, 0) is 54.7 Å². The molecule has 2 aromatic carbocycles. The Morgan fingerprint density at radius 3 is 2.32 bits per heavy atom. The molecule has 3 N–H and O–H groups in total. The van der Waals surface area contributed by atoms with Crippen LogP contribution in [0.5, 0.6) is 5.75 Å². The van der Waals surface area contributed by atoms with Gasteiger partial charge in [-0.1, -0.05) is 19.9 Å². The zero-order valence-corrected chi connectivity index (χ0v) is 17.7. The zero-order chi connectivity index (χ0) is 22.7. The minimum absolute atomic E-state index is 0.00256. The molecule has 8 heteroatoms. The first-order chi connectivity index (χ1) is 14.7. The molecule has 3 rings (SSSR count). The average Bonchev–Trinajstić information content (AvgIpc) is 2.74. The lowest BCUT2D eigenvalue weighted by molar-refractivity contribution is -0.118. The molecule has 31 heavy (non-hydrogen) atoms. The number of anilines is 2. The number of hydrogen-bond donors (Lipinski definition) is 3. The number of amides is 1. The predicted molar refractivity (Wildman–Crippen MR) is 116 cm³/mol. The van der Waals surface area contributed by atoms with Crippen molar-refractivity contribution >= 4 is 29.2 Å². The molecule has 0 aliphatic carbocycles. The third kappa shape index (κ3) is 4.96. The topological polar surface area (TPSA) is 116 Å². The summed E-state index contributed by atoms with van der Waals surface area (Å²) in [7, 11) is 2.06. The molecule has 2 unspecified atom stereocenters. The van der Waals surface area contributed by atoms with Crippen LogP contribution in [0.2, 0.25) is 0 Å².